The van der Waals surface area contributed by atoms with Gasteiger partial charge in [0.05, 0.1) is 24.7 Å². The molecule has 4 unspecified atom stereocenters. The molecule has 2 amide bonds. The third-order valence-corrected chi connectivity index (χ3v) is 4.10. The summed E-state index contributed by atoms with van der Waals surface area (Å²) >= 11 is 0. The highest BCUT2D eigenvalue weighted by Gasteiger charge is 2.43. The number of nitrogens with one attached hydrogen (secondary N) is 1. The highest BCUT2D eigenvalue weighted by molar-refractivity contribution is 5.86. The molecular weight excluding hydrogens is 232 g/mol. The van der Waals surface area contributed by atoms with Crippen molar-refractivity contribution in [3.8, 4) is 0 Å². The maximum Gasteiger partial charge on any atom is 0.239 e. The van der Waals surface area contributed by atoms with Crippen molar-refractivity contribution in [2.24, 2.45) is 11.8 Å². The number of rotatable bonds is 1. The van der Waals surface area contributed by atoms with Crippen LogP contribution in [0.25, 0.3) is 0 Å². The predicted octanol–water partition coefficient (Wildman–Crippen LogP) is 0.394. The van der Waals surface area contributed by atoms with Crippen LogP contribution in [-0.2, 0) is 14.3 Å². The number of ether oxygens (including phenoxy) is 1. The van der Waals surface area contributed by atoms with Gasteiger partial charge in [-0.15, -0.1) is 0 Å². The zero-order chi connectivity index (χ0) is 13.3. The molecule has 5 heteroatoms. The van der Waals surface area contributed by atoms with Crippen LogP contribution in [0.1, 0.15) is 27.2 Å². The van der Waals surface area contributed by atoms with Crippen LogP contribution in [0.2, 0.25) is 0 Å². The average Bonchev–Trinajstić information content (AvgIpc) is 2.51. The van der Waals surface area contributed by atoms with E-state index in [9.17, 15) is 9.59 Å². The summed E-state index contributed by atoms with van der Waals surface area (Å²) in [6.07, 6.45) is 0.868. The van der Waals surface area contributed by atoms with Gasteiger partial charge in [-0.3, -0.25) is 9.59 Å². The largest absolute Gasteiger partial charge is 0.374 e. The molecule has 102 valence electrons. The molecule has 5 nitrogen and oxygen atoms in total. The first-order valence-electron chi connectivity index (χ1n) is 6.71. The van der Waals surface area contributed by atoms with Crippen molar-refractivity contribution < 1.29 is 14.3 Å². The summed E-state index contributed by atoms with van der Waals surface area (Å²) in [7, 11) is 0. The average molecular weight is 254 g/mol. The minimum absolute atomic E-state index is 0.0613. The van der Waals surface area contributed by atoms with Gasteiger partial charge in [0, 0.05) is 13.1 Å². The number of hydrogen-bond acceptors (Lipinski definition) is 3. The van der Waals surface area contributed by atoms with Gasteiger partial charge in [0.1, 0.15) is 0 Å². The van der Waals surface area contributed by atoms with Gasteiger partial charge >= 0.3 is 0 Å². The second-order valence-corrected chi connectivity index (χ2v) is 5.39. The van der Waals surface area contributed by atoms with Gasteiger partial charge < -0.3 is 15.0 Å². The molecule has 0 aromatic carbocycles. The monoisotopic (exact) mass is 254 g/mol. The van der Waals surface area contributed by atoms with E-state index in [0.29, 0.717) is 13.1 Å². The molecule has 2 fully saturated rings. The van der Waals surface area contributed by atoms with E-state index >= 15 is 0 Å². The van der Waals surface area contributed by atoms with Gasteiger partial charge in [0.25, 0.3) is 0 Å². The first kappa shape index (κ1) is 13.3. The smallest absolute Gasteiger partial charge is 0.239 e. The van der Waals surface area contributed by atoms with Crippen molar-refractivity contribution in [2.45, 2.75) is 39.4 Å². The molecule has 0 aromatic heterocycles. The summed E-state index contributed by atoms with van der Waals surface area (Å²) < 4.78 is 5.71. The maximum atomic E-state index is 12.5. The normalized spacial score (nSPS) is 37.3. The maximum absolute atomic E-state index is 12.5. The van der Waals surface area contributed by atoms with Crippen molar-refractivity contribution in [2.75, 3.05) is 19.6 Å². The van der Waals surface area contributed by atoms with E-state index in [1.807, 2.05) is 13.8 Å². The van der Waals surface area contributed by atoms with E-state index in [4.69, 9.17) is 4.74 Å². The molecule has 0 radical (unpaired) electrons. The predicted molar refractivity (Wildman–Crippen MR) is 66.9 cm³/mol. The second-order valence-electron chi connectivity index (χ2n) is 5.39. The lowest BCUT2D eigenvalue weighted by Crippen LogP contribution is -2.44. The molecule has 2 rings (SSSR count). The SMILES string of the molecule is CC1OC(C)C(C(=O)N2CCCNC(=O)C2)C1C. The summed E-state index contributed by atoms with van der Waals surface area (Å²) in [6, 6.07) is 0. The Morgan fingerprint density at radius 2 is 2.06 bits per heavy atom. The molecule has 2 aliphatic rings. The van der Waals surface area contributed by atoms with E-state index < -0.39 is 0 Å². The molecular formula is C13H22N2O3. The first-order chi connectivity index (χ1) is 8.50. The Kier molecular flexibility index (Phi) is 3.90. The van der Waals surface area contributed by atoms with E-state index in [2.05, 4.69) is 12.2 Å². The lowest BCUT2D eigenvalue weighted by atomic mass is 9.88. The summed E-state index contributed by atoms with van der Waals surface area (Å²) in [4.78, 5) is 25.7. The van der Waals surface area contributed by atoms with Crippen LogP contribution in [0.3, 0.4) is 0 Å². The molecule has 2 heterocycles. The standard InChI is InChI=1S/C13H22N2O3/c1-8-9(2)18-10(3)12(8)13(17)15-6-4-5-14-11(16)7-15/h8-10,12H,4-7H2,1-3H3,(H,14,16). The van der Waals surface area contributed by atoms with Crippen molar-refractivity contribution in [1.82, 2.24) is 10.2 Å². The third kappa shape index (κ3) is 2.51. The Morgan fingerprint density at radius 1 is 1.33 bits per heavy atom. The number of carbonyl (C=O) groups excluding carboxylic acids is 2. The molecule has 0 aliphatic carbocycles. The zero-order valence-electron chi connectivity index (χ0n) is 11.3. The lowest BCUT2D eigenvalue weighted by Gasteiger charge is -2.26. The topological polar surface area (TPSA) is 58.6 Å². The van der Waals surface area contributed by atoms with Crippen LogP contribution < -0.4 is 5.32 Å². The molecule has 0 bridgehead atoms. The number of amides is 2. The summed E-state index contributed by atoms with van der Waals surface area (Å²) in [5, 5.41) is 2.79. The van der Waals surface area contributed by atoms with Crippen LogP contribution in [0.5, 0.6) is 0 Å². The highest BCUT2D eigenvalue weighted by Crippen LogP contribution is 2.33. The molecule has 1 N–H and O–H groups in total. The van der Waals surface area contributed by atoms with Crippen LogP contribution in [0.15, 0.2) is 0 Å². The lowest BCUT2D eigenvalue weighted by molar-refractivity contribution is -0.140. The van der Waals surface area contributed by atoms with Crippen molar-refractivity contribution in [1.29, 1.82) is 0 Å². The highest BCUT2D eigenvalue weighted by atomic mass is 16.5. The molecule has 0 spiro atoms. The molecule has 2 saturated heterocycles. The van der Waals surface area contributed by atoms with E-state index in [-0.39, 0.29) is 42.4 Å². The minimum Gasteiger partial charge on any atom is -0.374 e. The van der Waals surface area contributed by atoms with Crippen molar-refractivity contribution >= 4 is 11.8 Å². The van der Waals surface area contributed by atoms with Crippen LogP contribution in [0, 0.1) is 11.8 Å². The van der Waals surface area contributed by atoms with E-state index in [0.717, 1.165) is 6.42 Å². The Labute approximate surface area is 108 Å². The van der Waals surface area contributed by atoms with Gasteiger partial charge in [-0.05, 0) is 26.2 Å². The van der Waals surface area contributed by atoms with Crippen molar-refractivity contribution in [3.63, 3.8) is 0 Å². The number of hydrogen-bond donors (Lipinski definition) is 1. The van der Waals surface area contributed by atoms with Crippen LogP contribution in [0.4, 0.5) is 0 Å². The number of carbonyl (C=O) groups is 2. The van der Waals surface area contributed by atoms with E-state index in [1.165, 1.54) is 0 Å². The molecule has 2 aliphatic heterocycles. The Balaban J connectivity index is 2.08. The molecule has 0 saturated carbocycles. The summed E-state index contributed by atoms with van der Waals surface area (Å²) in [5.41, 5.74) is 0. The number of nitrogens with zero attached hydrogens (tertiary/aromatic N) is 1. The van der Waals surface area contributed by atoms with Gasteiger partial charge in [-0.2, -0.15) is 0 Å². The minimum atomic E-state index is -0.120. The zero-order valence-corrected chi connectivity index (χ0v) is 11.3. The summed E-state index contributed by atoms with van der Waals surface area (Å²) in [5.74, 6) is 0.0919. The van der Waals surface area contributed by atoms with Gasteiger partial charge in [-0.25, -0.2) is 0 Å². The molecule has 18 heavy (non-hydrogen) atoms. The van der Waals surface area contributed by atoms with E-state index in [1.54, 1.807) is 4.90 Å². The fourth-order valence-electron chi connectivity index (χ4n) is 2.90. The third-order valence-electron chi connectivity index (χ3n) is 4.10. The molecule has 4 atom stereocenters. The van der Waals surface area contributed by atoms with Crippen LogP contribution in [-0.4, -0.2) is 48.6 Å². The Bertz CT molecular complexity index is 345. The fourth-order valence-corrected chi connectivity index (χ4v) is 2.90. The fraction of sp³-hybridized carbons (Fsp3) is 0.846. The summed E-state index contributed by atoms with van der Waals surface area (Å²) in [6.45, 7) is 7.50. The van der Waals surface area contributed by atoms with Gasteiger partial charge in [-0.1, -0.05) is 6.92 Å². The van der Waals surface area contributed by atoms with Gasteiger partial charge in [0.2, 0.25) is 11.8 Å². The Morgan fingerprint density at radius 3 is 2.67 bits per heavy atom. The Hall–Kier alpha value is -1.10. The second kappa shape index (κ2) is 5.26. The quantitative estimate of drug-likeness (QED) is 0.736. The first-order valence-corrected chi connectivity index (χ1v) is 6.71. The van der Waals surface area contributed by atoms with Crippen molar-refractivity contribution in [3.05, 3.63) is 0 Å². The van der Waals surface area contributed by atoms with Gasteiger partial charge in [0.15, 0.2) is 0 Å². The molecule has 0 aromatic rings. The van der Waals surface area contributed by atoms with Crippen LogP contribution >= 0.6 is 0 Å².